The summed E-state index contributed by atoms with van der Waals surface area (Å²) < 4.78 is 9.65. The standard InChI is InChI=1S/C9H16O6/c1-3-6(9(12)13)7(4-8(10)11)15-5-14-2/h6-7H,3-5H2,1-2H3,(H,10,11)(H,12,13)/t6?,7-/m0/s1. The number of carboxylic acid groups (broad SMARTS) is 2. The number of carboxylic acids is 2. The highest BCUT2D eigenvalue weighted by molar-refractivity contribution is 5.73. The normalized spacial score (nSPS) is 14.5. The Morgan fingerprint density at radius 1 is 1.33 bits per heavy atom. The summed E-state index contributed by atoms with van der Waals surface area (Å²) in [7, 11) is 1.39. The van der Waals surface area contributed by atoms with Crippen LogP contribution in [0, 0.1) is 5.92 Å². The molecule has 0 aromatic rings. The van der Waals surface area contributed by atoms with E-state index in [0.29, 0.717) is 6.42 Å². The van der Waals surface area contributed by atoms with Crippen molar-refractivity contribution in [2.45, 2.75) is 25.9 Å². The van der Waals surface area contributed by atoms with Crippen molar-refractivity contribution in [1.82, 2.24) is 0 Å². The molecule has 0 aliphatic carbocycles. The number of methoxy groups -OCH3 is 1. The molecule has 2 atom stereocenters. The number of aliphatic carboxylic acids is 2. The molecule has 0 rings (SSSR count). The molecule has 6 heteroatoms. The Labute approximate surface area is 87.8 Å². The van der Waals surface area contributed by atoms with E-state index in [4.69, 9.17) is 14.9 Å². The fraction of sp³-hybridized carbons (Fsp3) is 0.778. The smallest absolute Gasteiger partial charge is 0.309 e. The first-order valence-corrected chi connectivity index (χ1v) is 4.58. The Morgan fingerprint density at radius 2 is 1.93 bits per heavy atom. The first kappa shape index (κ1) is 13.9. The van der Waals surface area contributed by atoms with Crippen LogP contribution in [0.15, 0.2) is 0 Å². The largest absolute Gasteiger partial charge is 0.481 e. The van der Waals surface area contributed by atoms with Crippen LogP contribution < -0.4 is 0 Å². The molecule has 0 radical (unpaired) electrons. The van der Waals surface area contributed by atoms with Crippen LogP contribution in [0.3, 0.4) is 0 Å². The summed E-state index contributed by atoms with van der Waals surface area (Å²) in [6.07, 6.45) is -0.879. The van der Waals surface area contributed by atoms with Crippen molar-refractivity contribution in [2.24, 2.45) is 5.92 Å². The molecular weight excluding hydrogens is 204 g/mol. The van der Waals surface area contributed by atoms with Crippen LogP contribution in [0.5, 0.6) is 0 Å². The Hall–Kier alpha value is -1.14. The van der Waals surface area contributed by atoms with Crippen molar-refractivity contribution >= 4 is 11.9 Å². The summed E-state index contributed by atoms with van der Waals surface area (Å²) in [5.74, 6) is -2.97. The average molecular weight is 220 g/mol. The van der Waals surface area contributed by atoms with Crippen molar-refractivity contribution in [1.29, 1.82) is 0 Å². The number of carbonyl (C=O) groups is 2. The van der Waals surface area contributed by atoms with E-state index in [1.807, 2.05) is 0 Å². The van der Waals surface area contributed by atoms with Gasteiger partial charge in [0.25, 0.3) is 0 Å². The lowest BCUT2D eigenvalue weighted by Gasteiger charge is -2.21. The first-order valence-electron chi connectivity index (χ1n) is 4.58. The summed E-state index contributed by atoms with van der Waals surface area (Å²) in [5.41, 5.74) is 0. The van der Waals surface area contributed by atoms with E-state index in [2.05, 4.69) is 4.74 Å². The molecule has 0 bridgehead atoms. The van der Waals surface area contributed by atoms with Gasteiger partial charge in [-0.3, -0.25) is 9.59 Å². The van der Waals surface area contributed by atoms with Crippen LogP contribution in [0.4, 0.5) is 0 Å². The van der Waals surface area contributed by atoms with Gasteiger partial charge in [0.15, 0.2) is 0 Å². The lowest BCUT2D eigenvalue weighted by atomic mass is 9.97. The Bertz CT molecular complexity index is 215. The number of rotatable bonds is 8. The van der Waals surface area contributed by atoms with Crippen molar-refractivity contribution in [3.05, 3.63) is 0 Å². The average Bonchev–Trinajstić information content (AvgIpc) is 2.13. The maximum absolute atomic E-state index is 10.8. The molecule has 0 saturated carbocycles. The zero-order chi connectivity index (χ0) is 11.8. The van der Waals surface area contributed by atoms with E-state index in [-0.39, 0.29) is 13.2 Å². The summed E-state index contributed by atoms with van der Waals surface area (Å²) in [6.45, 7) is 1.56. The molecule has 88 valence electrons. The zero-order valence-corrected chi connectivity index (χ0v) is 8.80. The molecule has 0 aromatic carbocycles. The van der Waals surface area contributed by atoms with E-state index in [1.54, 1.807) is 6.92 Å². The quantitative estimate of drug-likeness (QED) is 0.580. The van der Waals surface area contributed by atoms with Crippen LogP contribution in [0.2, 0.25) is 0 Å². The zero-order valence-electron chi connectivity index (χ0n) is 8.80. The maximum Gasteiger partial charge on any atom is 0.309 e. The topological polar surface area (TPSA) is 93.1 Å². The predicted octanol–water partition coefficient (Wildman–Crippen LogP) is 0.561. The highest BCUT2D eigenvalue weighted by Gasteiger charge is 2.29. The fourth-order valence-electron chi connectivity index (χ4n) is 1.24. The second-order valence-electron chi connectivity index (χ2n) is 3.06. The third-order valence-corrected chi connectivity index (χ3v) is 1.98. The third kappa shape index (κ3) is 5.34. The molecular formula is C9H16O6. The molecule has 1 unspecified atom stereocenters. The van der Waals surface area contributed by atoms with Crippen molar-refractivity contribution in [3.8, 4) is 0 Å². The van der Waals surface area contributed by atoms with Crippen LogP contribution in [-0.2, 0) is 19.1 Å². The van der Waals surface area contributed by atoms with Gasteiger partial charge in [0, 0.05) is 7.11 Å². The molecule has 0 spiro atoms. The van der Waals surface area contributed by atoms with Crippen LogP contribution >= 0.6 is 0 Å². The Balaban J connectivity index is 4.42. The van der Waals surface area contributed by atoms with Crippen LogP contribution in [0.25, 0.3) is 0 Å². The van der Waals surface area contributed by atoms with E-state index in [9.17, 15) is 9.59 Å². The van der Waals surface area contributed by atoms with E-state index >= 15 is 0 Å². The molecule has 2 N–H and O–H groups in total. The van der Waals surface area contributed by atoms with Gasteiger partial charge in [-0.25, -0.2) is 0 Å². The fourth-order valence-corrected chi connectivity index (χ4v) is 1.24. The molecule has 0 heterocycles. The minimum absolute atomic E-state index is 0.109. The van der Waals surface area contributed by atoms with Crippen molar-refractivity contribution < 1.29 is 29.3 Å². The van der Waals surface area contributed by atoms with E-state index in [1.165, 1.54) is 7.11 Å². The third-order valence-electron chi connectivity index (χ3n) is 1.98. The lowest BCUT2D eigenvalue weighted by molar-refractivity contribution is -0.158. The molecule has 0 aliphatic rings. The lowest BCUT2D eigenvalue weighted by Crippen LogP contribution is -2.32. The van der Waals surface area contributed by atoms with E-state index < -0.39 is 24.0 Å². The number of hydrogen-bond acceptors (Lipinski definition) is 4. The van der Waals surface area contributed by atoms with Crippen LogP contribution in [-0.4, -0.2) is 42.2 Å². The minimum Gasteiger partial charge on any atom is -0.481 e. The Kier molecular flexibility index (Phi) is 6.64. The monoisotopic (exact) mass is 220 g/mol. The molecule has 0 aromatic heterocycles. The van der Waals surface area contributed by atoms with Gasteiger partial charge in [-0.05, 0) is 6.42 Å². The van der Waals surface area contributed by atoms with Gasteiger partial charge < -0.3 is 19.7 Å². The molecule has 0 saturated heterocycles. The number of ether oxygens (including phenoxy) is 2. The van der Waals surface area contributed by atoms with Crippen molar-refractivity contribution in [3.63, 3.8) is 0 Å². The van der Waals surface area contributed by atoms with Gasteiger partial charge in [-0.2, -0.15) is 0 Å². The summed E-state index contributed by atoms with van der Waals surface area (Å²) in [6, 6.07) is 0. The van der Waals surface area contributed by atoms with Gasteiger partial charge in [0.2, 0.25) is 0 Å². The molecule has 0 aliphatic heterocycles. The van der Waals surface area contributed by atoms with Gasteiger partial charge in [0.05, 0.1) is 18.4 Å². The molecule has 0 amide bonds. The predicted molar refractivity (Wildman–Crippen MR) is 50.4 cm³/mol. The molecule has 15 heavy (non-hydrogen) atoms. The molecule has 6 nitrogen and oxygen atoms in total. The highest BCUT2D eigenvalue weighted by atomic mass is 16.7. The summed E-state index contributed by atoms with van der Waals surface area (Å²) in [5, 5.41) is 17.4. The Morgan fingerprint density at radius 3 is 2.27 bits per heavy atom. The van der Waals surface area contributed by atoms with Gasteiger partial charge in [-0.1, -0.05) is 6.92 Å². The second kappa shape index (κ2) is 7.19. The van der Waals surface area contributed by atoms with Crippen LogP contribution in [0.1, 0.15) is 19.8 Å². The summed E-state index contributed by atoms with van der Waals surface area (Å²) in [4.78, 5) is 21.3. The van der Waals surface area contributed by atoms with E-state index in [0.717, 1.165) is 0 Å². The number of hydrogen-bond donors (Lipinski definition) is 2. The maximum atomic E-state index is 10.8. The van der Waals surface area contributed by atoms with Crippen molar-refractivity contribution in [2.75, 3.05) is 13.9 Å². The van der Waals surface area contributed by atoms with Gasteiger partial charge >= 0.3 is 11.9 Å². The molecule has 0 fully saturated rings. The van der Waals surface area contributed by atoms with Gasteiger partial charge in [0.1, 0.15) is 6.79 Å². The van der Waals surface area contributed by atoms with Gasteiger partial charge in [-0.15, -0.1) is 0 Å². The minimum atomic E-state index is -1.09. The first-order chi connectivity index (χ1) is 7.02. The highest BCUT2D eigenvalue weighted by Crippen LogP contribution is 2.16. The summed E-state index contributed by atoms with van der Waals surface area (Å²) >= 11 is 0. The second-order valence-corrected chi connectivity index (χ2v) is 3.06. The SMILES string of the molecule is CCC(C(=O)O)[C@H](CC(=O)O)OCOC.